The molecule has 1 heterocycles. The Bertz CT molecular complexity index is 1060. The lowest BCUT2D eigenvalue weighted by Crippen LogP contribution is -2.24. The van der Waals surface area contributed by atoms with E-state index in [0.717, 1.165) is 11.1 Å². The van der Waals surface area contributed by atoms with Crippen molar-refractivity contribution < 1.29 is 13.6 Å². The Hall–Kier alpha value is -3.68. The number of amides is 2. The molecule has 1 aromatic heterocycles. The van der Waals surface area contributed by atoms with E-state index in [9.17, 15) is 14.0 Å². The van der Waals surface area contributed by atoms with E-state index in [-0.39, 0.29) is 5.56 Å². The fourth-order valence-electron chi connectivity index (χ4n) is 2.34. The molecule has 0 bridgehead atoms. The molecule has 2 amide bonds. The van der Waals surface area contributed by atoms with Crippen molar-refractivity contribution in [3.05, 3.63) is 70.3 Å². The summed E-state index contributed by atoms with van der Waals surface area (Å²) in [6.07, 6.45) is 1.20. The molecule has 2 aromatic carbocycles. The molecule has 0 saturated carbocycles. The average Bonchev–Trinajstić information content (AvgIpc) is 2.63. The van der Waals surface area contributed by atoms with Gasteiger partial charge in [0.15, 0.2) is 0 Å². The largest absolute Gasteiger partial charge is 0.422 e. The van der Waals surface area contributed by atoms with Gasteiger partial charge in [-0.3, -0.25) is 0 Å². The van der Waals surface area contributed by atoms with Crippen LogP contribution in [0.15, 0.2) is 62.8 Å². The van der Waals surface area contributed by atoms with Gasteiger partial charge in [-0.1, -0.05) is 0 Å². The standard InChI is InChI=1S/C19H17FN4O3/c1-24(2)16-8-3-12-9-13(18(25)27-17(12)10-16)11-21-23-19(26)22-15-6-4-14(20)5-7-15/h3-11H,1-2H3,(H2,22,23,26)/b21-11+. The Labute approximate surface area is 154 Å². The topological polar surface area (TPSA) is 86.9 Å². The second-order valence-electron chi connectivity index (χ2n) is 5.94. The van der Waals surface area contributed by atoms with E-state index in [1.54, 1.807) is 12.1 Å². The Morgan fingerprint density at radius 1 is 1.15 bits per heavy atom. The molecule has 138 valence electrons. The van der Waals surface area contributed by atoms with Gasteiger partial charge in [0.2, 0.25) is 0 Å². The summed E-state index contributed by atoms with van der Waals surface area (Å²) in [6, 6.07) is 11.8. The number of nitrogens with zero attached hydrogens (tertiary/aromatic N) is 2. The monoisotopic (exact) mass is 368 g/mol. The third kappa shape index (κ3) is 4.49. The van der Waals surface area contributed by atoms with E-state index in [1.165, 1.54) is 30.5 Å². The molecule has 0 aliphatic rings. The number of hydrogen-bond acceptors (Lipinski definition) is 5. The summed E-state index contributed by atoms with van der Waals surface area (Å²) >= 11 is 0. The summed E-state index contributed by atoms with van der Waals surface area (Å²) < 4.78 is 18.1. The normalized spacial score (nSPS) is 10.9. The van der Waals surface area contributed by atoms with E-state index in [1.807, 2.05) is 31.1 Å². The van der Waals surface area contributed by atoms with Gasteiger partial charge in [0.25, 0.3) is 0 Å². The van der Waals surface area contributed by atoms with Crippen LogP contribution in [-0.4, -0.2) is 26.3 Å². The molecule has 0 aliphatic carbocycles. The van der Waals surface area contributed by atoms with Crippen LogP contribution in [0, 0.1) is 5.82 Å². The minimum atomic E-state index is -0.626. The highest BCUT2D eigenvalue weighted by atomic mass is 19.1. The lowest BCUT2D eigenvalue weighted by molar-refractivity contribution is 0.252. The zero-order chi connectivity index (χ0) is 19.4. The number of anilines is 2. The van der Waals surface area contributed by atoms with Crippen molar-refractivity contribution in [1.82, 2.24) is 5.43 Å². The van der Waals surface area contributed by atoms with E-state index < -0.39 is 17.5 Å². The molecule has 0 saturated heterocycles. The molecular formula is C19H17FN4O3. The summed E-state index contributed by atoms with van der Waals surface area (Å²) in [7, 11) is 3.78. The van der Waals surface area contributed by atoms with E-state index in [2.05, 4.69) is 15.8 Å². The summed E-state index contributed by atoms with van der Waals surface area (Å²) in [4.78, 5) is 25.7. The third-order valence-electron chi connectivity index (χ3n) is 3.73. The minimum absolute atomic E-state index is 0.196. The van der Waals surface area contributed by atoms with Crippen LogP contribution in [0.5, 0.6) is 0 Å². The average molecular weight is 368 g/mol. The summed E-state index contributed by atoms with van der Waals surface area (Å²) in [5, 5.41) is 6.95. The number of rotatable bonds is 4. The zero-order valence-electron chi connectivity index (χ0n) is 14.7. The predicted molar refractivity (Wildman–Crippen MR) is 103 cm³/mol. The third-order valence-corrected chi connectivity index (χ3v) is 3.73. The first-order valence-corrected chi connectivity index (χ1v) is 8.03. The van der Waals surface area contributed by atoms with E-state index >= 15 is 0 Å². The number of halogens is 1. The molecule has 0 fully saturated rings. The van der Waals surface area contributed by atoms with E-state index in [4.69, 9.17) is 4.42 Å². The van der Waals surface area contributed by atoms with Gasteiger partial charge in [-0.2, -0.15) is 5.10 Å². The maximum absolute atomic E-state index is 12.8. The first-order valence-electron chi connectivity index (χ1n) is 8.03. The van der Waals surface area contributed by atoms with Gasteiger partial charge in [0, 0.05) is 36.9 Å². The van der Waals surface area contributed by atoms with Crippen molar-refractivity contribution in [2.24, 2.45) is 5.10 Å². The first kappa shape index (κ1) is 18.1. The number of carbonyl (C=O) groups excluding carboxylic acids is 1. The number of nitrogens with one attached hydrogen (secondary N) is 2. The Balaban J connectivity index is 1.70. The van der Waals surface area contributed by atoms with Crippen LogP contribution in [0.3, 0.4) is 0 Å². The lowest BCUT2D eigenvalue weighted by Gasteiger charge is -2.12. The molecule has 3 rings (SSSR count). The summed E-state index contributed by atoms with van der Waals surface area (Å²) in [5.74, 6) is -0.403. The Morgan fingerprint density at radius 3 is 2.59 bits per heavy atom. The zero-order valence-corrected chi connectivity index (χ0v) is 14.7. The van der Waals surface area contributed by atoms with Crippen LogP contribution >= 0.6 is 0 Å². The van der Waals surface area contributed by atoms with Crippen LogP contribution in [0.2, 0.25) is 0 Å². The molecule has 0 unspecified atom stereocenters. The Kier molecular flexibility index (Phi) is 5.16. The second kappa shape index (κ2) is 7.69. The molecule has 3 aromatic rings. The molecule has 8 heteroatoms. The predicted octanol–water partition coefficient (Wildman–Crippen LogP) is 3.15. The summed E-state index contributed by atoms with van der Waals surface area (Å²) in [5.41, 5.74) is 3.64. The van der Waals surface area contributed by atoms with Gasteiger partial charge >= 0.3 is 11.7 Å². The van der Waals surface area contributed by atoms with Crippen LogP contribution in [-0.2, 0) is 0 Å². The van der Waals surface area contributed by atoms with Crippen LogP contribution < -0.4 is 21.3 Å². The first-order chi connectivity index (χ1) is 12.9. The van der Waals surface area contributed by atoms with Gasteiger partial charge in [-0.15, -0.1) is 0 Å². The molecular weight excluding hydrogens is 351 g/mol. The molecule has 0 atom stereocenters. The second-order valence-corrected chi connectivity index (χ2v) is 5.94. The van der Waals surface area contributed by atoms with Crippen molar-refractivity contribution in [2.75, 3.05) is 24.3 Å². The number of benzene rings is 2. The van der Waals surface area contributed by atoms with Gasteiger partial charge in [0.05, 0.1) is 11.8 Å². The van der Waals surface area contributed by atoms with E-state index in [0.29, 0.717) is 11.3 Å². The molecule has 0 aliphatic heterocycles. The quantitative estimate of drug-likeness (QED) is 0.421. The smallest absolute Gasteiger partial charge is 0.345 e. The van der Waals surface area contributed by atoms with Gasteiger partial charge in [-0.05, 0) is 42.5 Å². The van der Waals surface area contributed by atoms with Gasteiger partial charge in [-0.25, -0.2) is 19.4 Å². The highest BCUT2D eigenvalue weighted by Crippen LogP contribution is 2.20. The maximum atomic E-state index is 12.8. The van der Waals surface area contributed by atoms with Crippen molar-refractivity contribution in [3.63, 3.8) is 0 Å². The van der Waals surface area contributed by atoms with Crippen LogP contribution in [0.25, 0.3) is 11.0 Å². The number of hydrazone groups is 1. The molecule has 0 radical (unpaired) electrons. The fraction of sp³-hybridized carbons (Fsp3) is 0.105. The van der Waals surface area contributed by atoms with Crippen LogP contribution in [0.1, 0.15) is 5.56 Å². The number of fused-ring (bicyclic) bond motifs is 1. The van der Waals surface area contributed by atoms with Crippen LogP contribution in [0.4, 0.5) is 20.6 Å². The van der Waals surface area contributed by atoms with Crippen molar-refractivity contribution in [3.8, 4) is 0 Å². The molecule has 27 heavy (non-hydrogen) atoms. The highest BCUT2D eigenvalue weighted by molar-refractivity contribution is 5.91. The number of carbonyl (C=O) groups is 1. The molecule has 2 N–H and O–H groups in total. The number of urea groups is 1. The maximum Gasteiger partial charge on any atom is 0.345 e. The highest BCUT2D eigenvalue weighted by Gasteiger charge is 2.06. The Morgan fingerprint density at radius 2 is 1.89 bits per heavy atom. The SMILES string of the molecule is CN(C)c1ccc2cc(/C=N/NC(=O)Nc3ccc(F)cc3)c(=O)oc2c1. The fourth-order valence-corrected chi connectivity index (χ4v) is 2.34. The molecule has 7 nitrogen and oxygen atoms in total. The molecule has 0 spiro atoms. The minimum Gasteiger partial charge on any atom is -0.422 e. The van der Waals surface area contributed by atoms with Gasteiger partial charge in [0.1, 0.15) is 11.4 Å². The van der Waals surface area contributed by atoms with Crippen molar-refractivity contribution >= 4 is 34.6 Å². The van der Waals surface area contributed by atoms with Crippen molar-refractivity contribution in [2.45, 2.75) is 0 Å². The number of hydrogen-bond donors (Lipinski definition) is 2. The summed E-state index contributed by atoms with van der Waals surface area (Å²) in [6.45, 7) is 0. The lowest BCUT2D eigenvalue weighted by atomic mass is 10.2. The van der Waals surface area contributed by atoms with Gasteiger partial charge < -0.3 is 14.6 Å². The van der Waals surface area contributed by atoms with Crippen molar-refractivity contribution in [1.29, 1.82) is 0 Å².